The van der Waals surface area contributed by atoms with E-state index >= 15 is 0 Å². The molecule has 1 amide bonds. The van der Waals surface area contributed by atoms with Crippen molar-refractivity contribution in [3.05, 3.63) is 71.4 Å². The standard InChI is InChI=1S/C21H22N2O2S/c1-2-3-13-23-20(24)19(22-21(23)26)14-16-9-11-18(12-10-16)25-15-17-7-5-4-6-8-17/h4-12,14H,2-3,13,15H2,1H3,(H,22,26)/b19-14+. The van der Waals surface area contributed by atoms with E-state index in [9.17, 15) is 4.79 Å². The molecule has 26 heavy (non-hydrogen) atoms. The van der Waals surface area contributed by atoms with E-state index in [-0.39, 0.29) is 5.91 Å². The molecule has 4 nitrogen and oxygen atoms in total. The summed E-state index contributed by atoms with van der Waals surface area (Å²) in [6.45, 7) is 3.28. The summed E-state index contributed by atoms with van der Waals surface area (Å²) in [6.07, 6.45) is 3.78. The molecule has 1 fully saturated rings. The van der Waals surface area contributed by atoms with E-state index in [1.807, 2.05) is 60.7 Å². The molecule has 1 heterocycles. The van der Waals surface area contributed by atoms with Crippen LogP contribution in [0.5, 0.6) is 5.75 Å². The minimum atomic E-state index is -0.0622. The highest BCUT2D eigenvalue weighted by Gasteiger charge is 2.29. The number of rotatable bonds is 7. The number of carbonyl (C=O) groups is 1. The molecule has 0 bridgehead atoms. The number of unbranched alkanes of at least 4 members (excludes halogenated alkanes) is 1. The summed E-state index contributed by atoms with van der Waals surface area (Å²) >= 11 is 5.26. The Bertz CT molecular complexity index is 801. The van der Waals surface area contributed by atoms with Crippen LogP contribution in [0, 0.1) is 0 Å². The molecule has 1 N–H and O–H groups in total. The highest BCUT2D eigenvalue weighted by atomic mass is 32.1. The highest BCUT2D eigenvalue weighted by Crippen LogP contribution is 2.18. The predicted octanol–water partition coefficient (Wildman–Crippen LogP) is 4.12. The molecule has 1 aliphatic heterocycles. The van der Waals surface area contributed by atoms with E-state index in [1.165, 1.54) is 0 Å². The van der Waals surface area contributed by atoms with Crippen molar-refractivity contribution in [2.75, 3.05) is 6.54 Å². The van der Waals surface area contributed by atoms with Crippen molar-refractivity contribution in [2.45, 2.75) is 26.4 Å². The number of hydrogen-bond acceptors (Lipinski definition) is 3. The SMILES string of the molecule is CCCCN1C(=O)/C(=C\c2ccc(OCc3ccccc3)cc2)NC1=S. The second kappa shape index (κ2) is 8.63. The quantitative estimate of drug-likeness (QED) is 0.591. The number of nitrogens with one attached hydrogen (secondary N) is 1. The van der Waals surface area contributed by atoms with Gasteiger partial charge < -0.3 is 10.1 Å². The van der Waals surface area contributed by atoms with Crippen molar-refractivity contribution in [3.63, 3.8) is 0 Å². The molecule has 1 saturated heterocycles. The first-order chi connectivity index (χ1) is 12.7. The highest BCUT2D eigenvalue weighted by molar-refractivity contribution is 7.80. The third-order valence-corrected chi connectivity index (χ3v) is 4.46. The fourth-order valence-corrected chi connectivity index (χ4v) is 2.94. The van der Waals surface area contributed by atoms with Crippen molar-refractivity contribution in [1.29, 1.82) is 0 Å². The lowest BCUT2D eigenvalue weighted by atomic mass is 10.2. The summed E-state index contributed by atoms with van der Waals surface area (Å²) in [5, 5.41) is 3.49. The topological polar surface area (TPSA) is 41.6 Å². The number of amides is 1. The lowest BCUT2D eigenvalue weighted by molar-refractivity contribution is -0.122. The third-order valence-electron chi connectivity index (χ3n) is 4.14. The molecule has 2 aromatic rings. The lowest BCUT2D eigenvalue weighted by Crippen LogP contribution is -2.31. The zero-order valence-electron chi connectivity index (χ0n) is 14.8. The van der Waals surface area contributed by atoms with Crippen molar-refractivity contribution in [2.24, 2.45) is 0 Å². The maximum Gasteiger partial charge on any atom is 0.276 e. The van der Waals surface area contributed by atoms with Gasteiger partial charge in [0.25, 0.3) is 5.91 Å². The van der Waals surface area contributed by atoms with Crippen LogP contribution >= 0.6 is 12.2 Å². The Hall–Kier alpha value is -2.66. The van der Waals surface area contributed by atoms with Gasteiger partial charge in [0.2, 0.25) is 0 Å². The van der Waals surface area contributed by atoms with E-state index in [4.69, 9.17) is 17.0 Å². The maximum absolute atomic E-state index is 12.4. The summed E-state index contributed by atoms with van der Waals surface area (Å²) in [6, 6.07) is 17.7. The zero-order valence-corrected chi connectivity index (χ0v) is 15.6. The van der Waals surface area contributed by atoms with E-state index in [2.05, 4.69) is 12.2 Å². The molecule has 0 aliphatic carbocycles. The summed E-state index contributed by atoms with van der Waals surface area (Å²) in [5.74, 6) is 0.731. The fraction of sp³-hybridized carbons (Fsp3) is 0.238. The summed E-state index contributed by atoms with van der Waals surface area (Å²) in [7, 11) is 0. The van der Waals surface area contributed by atoms with Gasteiger partial charge in [0.15, 0.2) is 5.11 Å². The predicted molar refractivity (Wildman–Crippen MR) is 108 cm³/mol. The molecule has 1 aliphatic rings. The van der Waals surface area contributed by atoms with Crippen LogP contribution in [0.3, 0.4) is 0 Å². The molecule has 0 spiro atoms. The number of ether oxygens (including phenoxy) is 1. The Labute approximate surface area is 159 Å². The smallest absolute Gasteiger partial charge is 0.276 e. The summed E-state index contributed by atoms with van der Waals surface area (Å²) in [4.78, 5) is 14.1. The molecule has 0 unspecified atom stereocenters. The van der Waals surface area contributed by atoms with Crippen LogP contribution in [0.25, 0.3) is 6.08 Å². The minimum absolute atomic E-state index is 0.0622. The van der Waals surface area contributed by atoms with Gasteiger partial charge in [-0.15, -0.1) is 0 Å². The molecule has 5 heteroatoms. The van der Waals surface area contributed by atoms with Crippen LogP contribution in [0.1, 0.15) is 30.9 Å². The Morgan fingerprint density at radius 2 is 1.85 bits per heavy atom. The molecule has 2 aromatic carbocycles. The maximum atomic E-state index is 12.4. The molecule has 0 radical (unpaired) electrons. The molecular weight excluding hydrogens is 344 g/mol. The minimum Gasteiger partial charge on any atom is -0.489 e. The summed E-state index contributed by atoms with van der Waals surface area (Å²) in [5.41, 5.74) is 2.57. The van der Waals surface area contributed by atoms with Gasteiger partial charge in [0.05, 0.1) is 0 Å². The second-order valence-electron chi connectivity index (χ2n) is 6.14. The van der Waals surface area contributed by atoms with E-state index in [0.29, 0.717) is 24.0 Å². The van der Waals surface area contributed by atoms with Crippen LogP contribution in [-0.2, 0) is 11.4 Å². The lowest BCUT2D eigenvalue weighted by Gasteiger charge is -2.12. The normalized spacial score (nSPS) is 15.4. The molecule has 0 aromatic heterocycles. The van der Waals surface area contributed by atoms with E-state index in [0.717, 1.165) is 29.7 Å². The van der Waals surface area contributed by atoms with Crippen molar-refractivity contribution in [1.82, 2.24) is 10.2 Å². The van der Waals surface area contributed by atoms with Gasteiger partial charge in [-0.25, -0.2) is 0 Å². The molecule has 0 atom stereocenters. The number of nitrogens with zero attached hydrogens (tertiary/aromatic N) is 1. The molecule has 0 saturated carbocycles. The van der Waals surface area contributed by atoms with Gasteiger partial charge in [-0.1, -0.05) is 55.8 Å². The average Bonchev–Trinajstić information content (AvgIpc) is 2.93. The van der Waals surface area contributed by atoms with Crippen LogP contribution in [0.15, 0.2) is 60.3 Å². The Kier molecular flexibility index (Phi) is 6.02. The van der Waals surface area contributed by atoms with Crippen LogP contribution in [0.2, 0.25) is 0 Å². The first-order valence-corrected chi connectivity index (χ1v) is 9.19. The molecule has 134 valence electrons. The Balaban J connectivity index is 1.62. The van der Waals surface area contributed by atoms with Crippen molar-refractivity contribution >= 4 is 29.3 Å². The van der Waals surface area contributed by atoms with Crippen molar-refractivity contribution < 1.29 is 9.53 Å². The number of benzene rings is 2. The van der Waals surface area contributed by atoms with Crippen LogP contribution in [0.4, 0.5) is 0 Å². The van der Waals surface area contributed by atoms with E-state index in [1.54, 1.807) is 4.90 Å². The molecule has 3 rings (SSSR count). The van der Waals surface area contributed by atoms with Gasteiger partial charge in [-0.3, -0.25) is 9.69 Å². The summed E-state index contributed by atoms with van der Waals surface area (Å²) < 4.78 is 5.78. The van der Waals surface area contributed by atoms with Gasteiger partial charge in [0, 0.05) is 6.54 Å². The van der Waals surface area contributed by atoms with Crippen LogP contribution < -0.4 is 10.1 Å². The number of hydrogen-bond donors (Lipinski definition) is 1. The number of thiocarbonyl (C=S) groups is 1. The second-order valence-corrected chi connectivity index (χ2v) is 6.53. The van der Waals surface area contributed by atoms with Gasteiger partial charge in [-0.05, 0) is 48.0 Å². The first-order valence-electron chi connectivity index (χ1n) is 8.78. The Morgan fingerprint density at radius 3 is 2.54 bits per heavy atom. The van der Waals surface area contributed by atoms with Crippen molar-refractivity contribution in [3.8, 4) is 5.75 Å². The van der Waals surface area contributed by atoms with Gasteiger partial charge in [-0.2, -0.15) is 0 Å². The van der Waals surface area contributed by atoms with Gasteiger partial charge >= 0.3 is 0 Å². The largest absolute Gasteiger partial charge is 0.489 e. The molecular formula is C21H22N2O2S. The monoisotopic (exact) mass is 366 g/mol. The van der Waals surface area contributed by atoms with Crippen LogP contribution in [-0.4, -0.2) is 22.5 Å². The van der Waals surface area contributed by atoms with Gasteiger partial charge in [0.1, 0.15) is 18.1 Å². The number of carbonyl (C=O) groups excluding carboxylic acids is 1. The third kappa shape index (κ3) is 4.49. The first kappa shape index (κ1) is 18.1. The zero-order chi connectivity index (χ0) is 18.4. The Morgan fingerprint density at radius 1 is 1.12 bits per heavy atom. The van der Waals surface area contributed by atoms with E-state index < -0.39 is 0 Å². The average molecular weight is 366 g/mol. The fourth-order valence-electron chi connectivity index (χ4n) is 2.66.